The number of hydrogen-bond acceptors (Lipinski definition) is 3. The standard InChI is InChI=1S/C72H70N3O.Pt/c1-68(2,3)51-35-36-62(55(42-51)46-23-16-14-17-24-46)75-63-30-22-28-54(65(63)74-67(75)58-43-52(69(4,5)6)44-60(66(58)76)70(7,8)9)57-40-48(39-56-53-27-20-21-29-59(53)72(12,13)64(56)57)61-41-47(37-38-73-61)45-31-33-50(34-32-45)71(10,11)49-25-18-15-19-26-49;/h14-39,41-44,76H,1-13H3;/q-1;. The molecule has 1 aliphatic carbocycles. The summed E-state index contributed by atoms with van der Waals surface area (Å²) in [6.07, 6.45) is 1.93. The van der Waals surface area contributed by atoms with Gasteiger partial charge in [0.1, 0.15) is 11.6 Å². The van der Waals surface area contributed by atoms with E-state index in [0.717, 1.165) is 72.5 Å². The number of aromatic hydroxyl groups is 1. The van der Waals surface area contributed by atoms with Crippen molar-refractivity contribution in [3.8, 4) is 78.6 Å². The van der Waals surface area contributed by atoms with Crippen molar-refractivity contribution in [2.45, 2.75) is 117 Å². The number of phenols is 1. The van der Waals surface area contributed by atoms with Gasteiger partial charge in [-0.2, -0.15) is 0 Å². The predicted octanol–water partition coefficient (Wildman–Crippen LogP) is 18.8. The van der Waals surface area contributed by atoms with Crippen molar-refractivity contribution in [1.82, 2.24) is 14.5 Å². The van der Waals surface area contributed by atoms with Gasteiger partial charge < -0.3 is 5.11 Å². The maximum Gasteiger partial charge on any atom is 0.148 e. The van der Waals surface area contributed by atoms with Gasteiger partial charge in [-0.3, -0.25) is 9.55 Å². The molecule has 0 atom stereocenters. The Balaban J connectivity index is 0.00000672. The van der Waals surface area contributed by atoms with Gasteiger partial charge in [-0.15, -0.1) is 17.7 Å². The van der Waals surface area contributed by atoms with Crippen molar-refractivity contribution in [2.75, 3.05) is 0 Å². The van der Waals surface area contributed by atoms with Crippen LogP contribution < -0.4 is 0 Å². The first kappa shape index (κ1) is 53.3. The van der Waals surface area contributed by atoms with E-state index in [1.165, 1.54) is 38.9 Å². The molecule has 10 aromatic rings. The smallest absolute Gasteiger partial charge is 0.148 e. The third-order valence-corrected chi connectivity index (χ3v) is 16.2. The van der Waals surface area contributed by atoms with Crippen LogP contribution in [-0.4, -0.2) is 19.6 Å². The zero-order valence-electron chi connectivity index (χ0n) is 46.9. The minimum Gasteiger partial charge on any atom is -0.507 e. The minimum atomic E-state index is -0.363. The molecule has 0 fully saturated rings. The summed E-state index contributed by atoms with van der Waals surface area (Å²) in [6, 6.07) is 67.8. The van der Waals surface area contributed by atoms with Crippen LogP contribution in [0.25, 0.3) is 83.9 Å². The molecule has 11 rings (SSSR count). The first-order valence-electron chi connectivity index (χ1n) is 27.0. The van der Waals surface area contributed by atoms with E-state index in [0.29, 0.717) is 11.4 Å². The van der Waals surface area contributed by atoms with Crippen LogP contribution in [0, 0.1) is 6.07 Å². The normalized spacial score (nSPS) is 13.3. The van der Waals surface area contributed by atoms with E-state index in [9.17, 15) is 5.11 Å². The number of aromatic nitrogens is 3. The molecule has 0 saturated heterocycles. The summed E-state index contributed by atoms with van der Waals surface area (Å²) in [5.74, 6) is 0.929. The first-order chi connectivity index (χ1) is 36.0. The van der Waals surface area contributed by atoms with Gasteiger partial charge >= 0.3 is 0 Å². The Morgan fingerprint density at radius 1 is 0.494 bits per heavy atom. The van der Waals surface area contributed by atoms with Crippen LogP contribution in [0.4, 0.5) is 0 Å². The number of rotatable bonds is 8. The number of hydrogen-bond donors (Lipinski definition) is 1. The monoisotopic (exact) mass is 1190 g/mol. The molecule has 1 aliphatic rings. The van der Waals surface area contributed by atoms with Crippen molar-refractivity contribution in [2.24, 2.45) is 0 Å². The molecule has 1 N–H and O–H groups in total. The molecule has 0 radical (unpaired) electrons. The van der Waals surface area contributed by atoms with Crippen LogP contribution in [0.1, 0.15) is 129 Å². The second kappa shape index (κ2) is 19.4. The SMILES string of the molecule is CC(C)(C)c1ccc(-n2c(-c3cc(C(C)(C)C)cc(C(C)(C)C)c3O)nc3c(-c4[c-]c(-c5cc(-c6ccc(C(C)(C)c7ccccc7)cc6)ccn5)cc5c4C(C)(C)c4ccccc4-5)cccc32)c(-c2ccccc2)c1.[Pt]. The van der Waals surface area contributed by atoms with E-state index < -0.39 is 0 Å². The van der Waals surface area contributed by atoms with Crippen LogP contribution in [0.2, 0.25) is 0 Å². The molecule has 5 heteroatoms. The van der Waals surface area contributed by atoms with Gasteiger partial charge in [0.05, 0.1) is 22.3 Å². The van der Waals surface area contributed by atoms with Gasteiger partial charge in [0.2, 0.25) is 0 Å². The van der Waals surface area contributed by atoms with Crippen LogP contribution in [-0.2, 0) is 48.1 Å². The third-order valence-electron chi connectivity index (χ3n) is 16.2. The summed E-state index contributed by atoms with van der Waals surface area (Å²) in [4.78, 5) is 10.9. The Morgan fingerprint density at radius 3 is 1.78 bits per heavy atom. The number of imidazole rings is 1. The van der Waals surface area contributed by atoms with Gasteiger partial charge in [0.15, 0.2) is 0 Å². The van der Waals surface area contributed by atoms with Crippen LogP contribution in [0.5, 0.6) is 5.75 Å². The minimum absolute atomic E-state index is 0. The summed E-state index contributed by atoms with van der Waals surface area (Å²) >= 11 is 0. The molecule has 4 nitrogen and oxygen atoms in total. The Bertz CT molecular complexity index is 3860. The largest absolute Gasteiger partial charge is 0.507 e. The topological polar surface area (TPSA) is 50.9 Å². The van der Waals surface area contributed by atoms with Crippen LogP contribution in [0.15, 0.2) is 182 Å². The third kappa shape index (κ3) is 9.41. The van der Waals surface area contributed by atoms with E-state index in [4.69, 9.17) is 9.97 Å². The Morgan fingerprint density at radius 2 is 1.10 bits per heavy atom. The number of para-hydroxylation sites is 1. The average Bonchev–Trinajstić information content (AvgIpc) is 3.90. The molecule has 8 aromatic carbocycles. The maximum absolute atomic E-state index is 12.8. The van der Waals surface area contributed by atoms with Crippen molar-refractivity contribution >= 4 is 11.0 Å². The molecular formula is C72H70N3OPt-. The van der Waals surface area contributed by atoms with E-state index in [2.05, 4.69) is 277 Å². The molecule has 0 aliphatic heterocycles. The number of nitrogens with zero attached hydrogens (tertiary/aromatic N) is 3. The fourth-order valence-corrected chi connectivity index (χ4v) is 11.6. The van der Waals surface area contributed by atoms with Gasteiger partial charge in [0.25, 0.3) is 0 Å². The molecule has 2 heterocycles. The fourth-order valence-electron chi connectivity index (χ4n) is 11.6. The van der Waals surface area contributed by atoms with Crippen molar-refractivity contribution in [1.29, 1.82) is 0 Å². The molecular weight excluding hydrogens is 1120 g/mol. The van der Waals surface area contributed by atoms with Crippen molar-refractivity contribution < 1.29 is 26.2 Å². The second-order valence-corrected chi connectivity index (χ2v) is 25.2. The maximum atomic E-state index is 12.8. The van der Waals surface area contributed by atoms with E-state index >= 15 is 0 Å². The summed E-state index contributed by atoms with van der Waals surface area (Å²) < 4.78 is 2.31. The summed E-state index contributed by atoms with van der Waals surface area (Å²) in [7, 11) is 0. The van der Waals surface area contributed by atoms with Crippen molar-refractivity contribution in [3.63, 3.8) is 0 Å². The van der Waals surface area contributed by atoms with Crippen LogP contribution >= 0.6 is 0 Å². The number of benzene rings is 8. The molecule has 0 saturated carbocycles. The predicted molar refractivity (Wildman–Crippen MR) is 319 cm³/mol. The summed E-state index contributed by atoms with van der Waals surface area (Å²) in [5, 5.41) is 12.8. The molecule has 2 aromatic heterocycles. The average molecular weight is 1190 g/mol. The van der Waals surface area contributed by atoms with Gasteiger partial charge in [0, 0.05) is 49.5 Å². The zero-order valence-corrected chi connectivity index (χ0v) is 49.2. The molecule has 0 spiro atoms. The number of phenolic OH excluding ortho intramolecular Hbond substituents is 1. The Labute approximate surface area is 471 Å². The Kier molecular flexibility index (Phi) is 13.4. The zero-order chi connectivity index (χ0) is 53.7. The number of pyridine rings is 1. The molecule has 0 amide bonds. The van der Waals surface area contributed by atoms with Crippen molar-refractivity contribution in [3.05, 3.63) is 227 Å². The Hall–Kier alpha value is -7.13. The molecule has 0 bridgehead atoms. The second-order valence-electron chi connectivity index (χ2n) is 25.2. The van der Waals surface area contributed by atoms with E-state index in [1.807, 2.05) is 6.20 Å². The summed E-state index contributed by atoms with van der Waals surface area (Å²) in [6.45, 7) is 29.3. The van der Waals surface area contributed by atoms with Gasteiger partial charge in [-0.1, -0.05) is 252 Å². The van der Waals surface area contributed by atoms with E-state index in [-0.39, 0.29) is 53.9 Å². The molecule has 0 unspecified atom stereocenters. The van der Waals surface area contributed by atoms with Crippen LogP contribution in [0.3, 0.4) is 0 Å². The van der Waals surface area contributed by atoms with E-state index in [1.54, 1.807) is 0 Å². The molecule has 390 valence electrons. The molecule has 77 heavy (non-hydrogen) atoms. The number of fused-ring (bicyclic) bond motifs is 4. The first-order valence-corrected chi connectivity index (χ1v) is 27.0. The fraction of sp³-hybridized carbons (Fsp3) is 0.250. The van der Waals surface area contributed by atoms with Gasteiger partial charge in [-0.25, -0.2) is 4.98 Å². The quantitative estimate of drug-likeness (QED) is 0.154. The van der Waals surface area contributed by atoms with Gasteiger partial charge in [-0.05, 0) is 102 Å². The summed E-state index contributed by atoms with van der Waals surface area (Å²) in [5.41, 5.74) is 21.1.